The number of nitrogens with zero attached hydrogens (tertiary/aromatic N) is 4. The summed E-state index contributed by atoms with van der Waals surface area (Å²) in [5.74, 6) is 0.640. The highest BCUT2D eigenvalue weighted by atomic mass is 19.1. The Kier molecular flexibility index (Phi) is 6.10. The van der Waals surface area contributed by atoms with E-state index in [1.54, 1.807) is 6.07 Å². The summed E-state index contributed by atoms with van der Waals surface area (Å²) in [5.41, 5.74) is 3.36. The normalized spacial score (nSPS) is 15.7. The lowest BCUT2D eigenvalue weighted by Gasteiger charge is -2.38. The fourth-order valence-electron chi connectivity index (χ4n) is 4.52. The van der Waals surface area contributed by atoms with E-state index in [9.17, 15) is 9.18 Å². The van der Waals surface area contributed by atoms with E-state index in [1.807, 2.05) is 43.1 Å². The van der Waals surface area contributed by atoms with Crippen molar-refractivity contribution in [3.05, 3.63) is 65.2 Å². The lowest BCUT2D eigenvalue weighted by molar-refractivity contribution is 0.0615. The first-order chi connectivity index (χ1) is 14.8. The first kappa shape index (κ1) is 21.5. The molecule has 164 valence electrons. The van der Waals surface area contributed by atoms with Gasteiger partial charge in [-0.3, -0.25) is 4.79 Å². The Hall–Kier alpha value is -2.73. The van der Waals surface area contributed by atoms with Gasteiger partial charge in [-0.15, -0.1) is 0 Å². The Morgan fingerprint density at radius 1 is 1.16 bits per heavy atom. The molecule has 0 spiro atoms. The van der Waals surface area contributed by atoms with E-state index < -0.39 is 0 Å². The van der Waals surface area contributed by atoms with Gasteiger partial charge in [0.1, 0.15) is 11.6 Å². The van der Waals surface area contributed by atoms with Crippen LogP contribution in [0.2, 0.25) is 0 Å². The van der Waals surface area contributed by atoms with Crippen molar-refractivity contribution in [2.45, 2.75) is 52.2 Å². The van der Waals surface area contributed by atoms with Crippen LogP contribution in [0.25, 0.3) is 11.0 Å². The van der Waals surface area contributed by atoms with Crippen LogP contribution < -0.4 is 0 Å². The minimum atomic E-state index is -0.279. The second kappa shape index (κ2) is 8.79. The van der Waals surface area contributed by atoms with Crippen molar-refractivity contribution in [3.63, 3.8) is 0 Å². The second-order valence-corrected chi connectivity index (χ2v) is 8.85. The third-order valence-corrected chi connectivity index (χ3v) is 6.54. The van der Waals surface area contributed by atoms with E-state index in [4.69, 9.17) is 0 Å². The molecule has 0 radical (unpaired) electrons. The van der Waals surface area contributed by atoms with E-state index in [-0.39, 0.29) is 11.7 Å². The number of halogens is 1. The lowest BCUT2D eigenvalue weighted by Crippen LogP contribution is -2.47. The number of carbonyl (C=O) groups is 1. The van der Waals surface area contributed by atoms with E-state index in [2.05, 4.69) is 28.3 Å². The highest BCUT2D eigenvalue weighted by Gasteiger charge is 2.26. The van der Waals surface area contributed by atoms with Crippen LogP contribution in [0.4, 0.5) is 4.39 Å². The monoisotopic (exact) mass is 422 g/mol. The number of aromatic nitrogens is 2. The smallest absolute Gasteiger partial charge is 0.253 e. The number of amides is 1. The Bertz CT molecular complexity index is 1070. The van der Waals surface area contributed by atoms with E-state index in [0.29, 0.717) is 29.7 Å². The molecule has 31 heavy (non-hydrogen) atoms. The van der Waals surface area contributed by atoms with Crippen LogP contribution in [-0.4, -0.2) is 57.5 Å². The number of benzene rings is 2. The highest BCUT2D eigenvalue weighted by Crippen LogP contribution is 2.21. The molecule has 1 aliphatic heterocycles. The summed E-state index contributed by atoms with van der Waals surface area (Å²) in [6.45, 7) is 9.09. The van der Waals surface area contributed by atoms with Gasteiger partial charge in [0.15, 0.2) is 0 Å². The minimum Gasteiger partial charge on any atom is -0.339 e. The molecule has 0 bridgehead atoms. The lowest BCUT2D eigenvalue weighted by atomic mass is 10.0. The molecule has 5 nitrogen and oxygen atoms in total. The number of hydrogen-bond donors (Lipinski definition) is 0. The molecule has 1 aliphatic rings. The molecule has 0 saturated carbocycles. The maximum atomic E-state index is 13.5. The Labute approximate surface area is 183 Å². The maximum Gasteiger partial charge on any atom is 0.253 e. The van der Waals surface area contributed by atoms with Gasteiger partial charge in [0.05, 0.1) is 11.0 Å². The Balaban J connectivity index is 1.44. The van der Waals surface area contributed by atoms with Crippen LogP contribution >= 0.6 is 0 Å². The average molecular weight is 423 g/mol. The summed E-state index contributed by atoms with van der Waals surface area (Å²) < 4.78 is 15.6. The Morgan fingerprint density at radius 3 is 2.48 bits per heavy atom. The molecule has 0 aliphatic carbocycles. The topological polar surface area (TPSA) is 41.4 Å². The molecule has 0 atom stereocenters. The van der Waals surface area contributed by atoms with Crippen LogP contribution in [0.1, 0.15) is 48.4 Å². The van der Waals surface area contributed by atoms with Gasteiger partial charge in [0.2, 0.25) is 0 Å². The molecular weight excluding hydrogens is 391 g/mol. The summed E-state index contributed by atoms with van der Waals surface area (Å²) in [4.78, 5) is 21.9. The zero-order valence-electron chi connectivity index (χ0n) is 18.8. The van der Waals surface area contributed by atoms with Gasteiger partial charge >= 0.3 is 0 Å². The largest absolute Gasteiger partial charge is 0.339 e. The predicted octanol–water partition coefficient (Wildman–Crippen LogP) is 4.48. The van der Waals surface area contributed by atoms with Crippen LogP contribution in [0.3, 0.4) is 0 Å². The summed E-state index contributed by atoms with van der Waals surface area (Å²) in [6, 6.07) is 13.4. The molecule has 3 aromatic rings. The first-order valence-corrected chi connectivity index (χ1v) is 11.1. The highest BCUT2D eigenvalue weighted by molar-refractivity contribution is 5.94. The number of aryl methyl sites for hydroxylation is 1. The van der Waals surface area contributed by atoms with Gasteiger partial charge in [0, 0.05) is 50.4 Å². The number of piperidine rings is 1. The van der Waals surface area contributed by atoms with Crippen LogP contribution in [0.5, 0.6) is 0 Å². The third-order valence-electron chi connectivity index (χ3n) is 6.54. The van der Waals surface area contributed by atoms with Crippen molar-refractivity contribution in [2.75, 3.05) is 20.1 Å². The summed E-state index contributed by atoms with van der Waals surface area (Å²) in [7, 11) is 1.92. The first-order valence-electron chi connectivity index (χ1n) is 11.1. The molecule has 1 fully saturated rings. The molecule has 1 amide bonds. The molecular formula is C25H31FN4O. The number of carbonyl (C=O) groups excluding carboxylic acids is 1. The van der Waals surface area contributed by atoms with Crippen LogP contribution in [0.15, 0.2) is 42.5 Å². The van der Waals surface area contributed by atoms with Crippen molar-refractivity contribution in [1.82, 2.24) is 19.4 Å². The number of rotatable bonds is 5. The maximum absolute atomic E-state index is 13.5. The molecule has 1 aromatic heterocycles. The average Bonchev–Trinajstić information content (AvgIpc) is 3.07. The van der Waals surface area contributed by atoms with Gasteiger partial charge in [-0.1, -0.05) is 12.1 Å². The third kappa shape index (κ3) is 4.49. The summed E-state index contributed by atoms with van der Waals surface area (Å²) in [6.07, 6.45) is 2.04. The number of imidazole rings is 1. The zero-order chi connectivity index (χ0) is 22.1. The summed E-state index contributed by atoms with van der Waals surface area (Å²) in [5, 5.41) is 0. The van der Waals surface area contributed by atoms with E-state index >= 15 is 0 Å². The molecule has 6 heteroatoms. The molecule has 1 saturated heterocycles. The molecule has 2 aromatic carbocycles. The second-order valence-electron chi connectivity index (χ2n) is 8.85. The fraction of sp³-hybridized carbons (Fsp3) is 0.440. The van der Waals surface area contributed by atoms with Gasteiger partial charge < -0.3 is 14.4 Å². The quantitative estimate of drug-likeness (QED) is 0.609. The van der Waals surface area contributed by atoms with Crippen LogP contribution in [0, 0.1) is 12.7 Å². The SMILES string of the molecule is Cc1nc2cc(F)ccc2n1Cc1ccc(C(=O)N(C)C2CCN(C(C)C)CC2)cc1. The molecule has 0 N–H and O–H groups in total. The van der Waals surface area contributed by atoms with Crippen molar-refractivity contribution in [3.8, 4) is 0 Å². The van der Waals surface area contributed by atoms with Gasteiger partial charge in [-0.2, -0.15) is 0 Å². The zero-order valence-corrected chi connectivity index (χ0v) is 18.8. The number of likely N-dealkylation sites (tertiary alicyclic amines) is 1. The van der Waals surface area contributed by atoms with Crippen molar-refractivity contribution >= 4 is 16.9 Å². The van der Waals surface area contributed by atoms with Crippen molar-refractivity contribution in [2.24, 2.45) is 0 Å². The predicted molar refractivity (Wildman–Crippen MR) is 122 cm³/mol. The fourth-order valence-corrected chi connectivity index (χ4v) is 4.52. The van der Waals surface area contributed by atoms with Crippen molar-refractivity contribution in [1.29, 1.82) is 0 Å². The Morgan fingerprint density at radius 2 is 1.84 bits per heavy atom. The van der Waals surface area contributed by atoms with Gasteiger partial charge in [-0.25, -0.2) is 9.37 Å². The van der Waals surface area contributed by atoms with E-state index in [0.717, 1.165) is 42.8 Å². The van der Waals surface area contributed by atoms with Gasteiger partial charge in [0.25, 0.3) is 5.91 Å². The molecule has 2 heterocycles. The van der Waals surface area contributed by atoms with Gasteiger partial charge in [-0.05, 0) is 63.4 Å². The van der Waals surface area contributed by atoms with Crippen molar-refractivity contribution < 1.29 is 9.18 Å². The van der Waals surface area contributed by atoms with Crippen LogP contribution in [-0.2, 0) is 6.54 Å². The molecule has 4 rings (SSSR count). The summed E-state index contributed by atoms with van der Waals surface area (Å²) >= 11 is 0. The standard InChI is InChI=1S/C25H31FN4O/c1-17(2)29-13-11-22(12-14-29)28(4)25(31)20-7-5-19(6-8-20)16-30-18(3)27-23-15-21(26)9-10-24(23)30/h5-10,15,17,22H,11-14,16H2,1-4H3. The molecule has 0 unspecified atom stereocenters. The number of hydrogen-bond acceptors (Lipinski definition) is 3. The number of fused-ring (bicyclic) bond motifs is 1. The minimum absolute atomic E-state index is 0.0780. The van der Waals surface area contributed by atoms with E-state index in [1.165, 1.54) is 12.1 Å².